The zero-order valence-electron chi connectivity index (χ0n) is 14.3. The Balaban J connectivity index is 1.40. The molecule has 0 saturated carbocycles. The van der Waals surface area contributed by atoms with E-state index >= 15 is 0 Å². The molecule has 0 unspecified atom stereocenters. The molecular formula is C19H28N4O. The molecule has 2 heterocycles. The van der Waals surface area contributed by atoms with Crippen molar-refractivity contribution in [2.24, 2.45) is 5.73 Å². The number of aryl methyl sites for hydroxylation is 1. The van der Waals surface area contributed by atoms with Crippen molar-refractivity contribution in [2.45, 2.75) is 44.8 Å². The number of ether oxygens (including phenoxy) is 1. The summed E-state index contributed by atoms with van der Waals surface area (Å²) in [6.07, 6.45) is 10.1. The van der Waals surface area contributed by atoms with Gasteiger partial charge in [0.15, 0.2) is 0 Å². The molecule has 2 aromatic rings. The molecule has 5 heteroatoms. The van der Waals surface area contributed by atoms with Crippen LogP contribution < -0.4 is 10.5 Å². The molecule has 1 atom stereocenters. The Morgan fingerprint density at radius 3 is 2.83 bits per heavy atom. The summed E-state index contributed by atoms with van der Waals surface area (Å²) in [5.74, 6) is 0.947. The lowest BCUT2D eigenvalue weighted by Gasteiger charge is -2.20. The second kappa shape index (κ2) is 8.85. The highest BCUT2D eigenvalue weighted by Gasteiger charge is 2.14. The first-order valence-electron chi connectivity index (χ1n) is 8.95. The van der Waals surface area contributed by atoms with Crippen molar-refractivity contribution in [1.29, 1.82) is 0 Å². The molecule has 2 N–H and O–H groups in total. The number of hydrogen-bond donors (Lipinski definition) is 1. The minimum atomic E-state index is 0.382. The first-order chi connectivity index (χ1) is 11.8. The van der Waals surface area contributed by atoms with Gasteiger partial charge >= 0.3 is 0 Å². The van der Waals surface area contributed by atoms with Crippen molar-refractivity contribution < 1.29 is 4.74 Å². The van der Waals surface area contributed by atoms with E-state index < -0.39 is 0 Å². The molecule has 0 bridgehead atoms. The van der Waals surface area contributed by atoms with Gasteiger partial charge in [0, 0.05) is 31.5 Å². The predicted molar refractivity (Wildman–Crippen MR) is 95.9 cm³/mol. The third-order valence-electron chi connectivity index (χ3n) is 4.58. The van der Waals surface area contributed by atoms with Gasteiger partial charge in [0.05, 0.1) is 12.9 Å². The van der Waals surface area contributed by atoms with Gasteiger partial charge in [-0.2, -0.15) is 0 Å². The Kier molecular flexibility index (Phi) is 6.26. The molecule has 0 spiro atoms. The van der Waals surface area contributed by atoms with Gasteiger partial charge in [-0.05, 0) is 56.5 Å². The molecule has 1 fully saturated rings. The molecule has 130 valence electrons. The Bertz CT molecular complexity index is 582. The number of imidazole rings is 1. The van der Waals surface area contributed by atoms with Gasteiger partial charge in [0.1, 0.15) is 5.75 Å². The van der Waals surface area contributed by atoms with Crippen LogP contribution in [0.15, 0.2) is 43.0 Å². The maximum atomic E-state index is 6.05. The summed E-state index contributed by atoms with van der Waals surface area (Å²) in [6.45, 7) is 4.93. The van der Waals surface area contributed by atoms with Crippen LogP contribution in [-0.2, 0) is 13.1 Å². The van der Waals surface area contributed by atoms with E-state index in [4.69, 9.17) is 10.5 Å². The number of nitrogens with two attached hydrogens (primary N) is 1. The Morgan fingerprint density at radius 1 is 1.17 bits per heavy atom. The Morgan fingerprint density at radius 2 is 2.04 bits per heavy atom. The zero-order chi connectivity index (χ0) is 16.6. The quantitative estimate of drug-likeness (QED) is 0.794. The molecule has 1 saturated heterocycles. The van der Waals surface area contributed by atoms with E-state index in [2.05, 4.69) is 38.7 Å². The third kappa shape index (κ3) is 5.35. The molecule has 3 rings (SSSR count). The van der Waals surface area contributed by atoms with Crippen LogP contribution in [0, 0.1) is 0 Å². The highest BCUT2D eigenvalue weighted by molar-refractivity contribution is 5.27. The van der Waals surface area contributed by atoms with Crippen molar-refractivity contribution in [3.63, 3.8) is 0 Å². The summed E-state index contributed by atoms with van der Waals surface area (Å²) in [6, 6.07) is 8.89. The van der Waals surface area contributed by atoms with Gasteiger partial charge in [-0.15, -0.1) is 0 Å². The smallest absolute Gasteiger partial charge is 0.119 e. The minimum absolute atomic E-state index is 0.382. The molecular weight excluding hydrogens is 300 g/mol. The average Bonchev–Trinajstić information content (AvgIpc) is 3.03. The maximum absolute atomic E-state index is 6.05. The third-order valence-corrected chi connectivity index (χ3v) is 4.58. The largest absolute Gasteiger partial charge is 0.494 e. The number of benzene rings is 1. The number of likely N-dealkylation sites (tertiary alicyclic amines) is 1. The molecule has 0 radical (unpaired) electrons. The van der Waals surface area contributed by atoms with Crippen LogP contribution in [-0.4, -0.2) is 40.2 Å². The molecule has 1 aromatic heterocycles. The van der Waals surface area contributed by atoms with E-state index in [1.165, 1.54) is 12.0 Å². The lowest BCUT2D eigenvalue weighted by molar-refractivity contribution is 0.275. The van der Waals surface area contributed by atoms with Crippen LogP contribution in [0.3, 0.4) is 0 Å². The lowest BCUT2D eigenvalue weighted by Crippen LogP contribution is -2.26. The molecule has 0 aliphatic carbocycles. The Hall–Kier alpha value is -1.85. The molecule has 5 nitrogen and oxygen atoms in total. The average molecular weight is 328 g/mol. The number of nitrogens with zero attached hydrogens (tertiary/aromatic N) is 3. The number of hydrogen-bond acceptors (Lipinski definition) is 4. The van der Waals surface area contributed by atoms with Gasteiger partial charge in [-0.3, -0.25) is 4.90 Å². The standard InChI is InChI=1S/C19H28N4O/c20-18-3-1-10-22(12-8-18)15-17-4-6-19(7-5-17)24-14-2-11-23-13-9-21-16-23/h4-7,9,13,16,18H,1-3,8,10-12,14-15,20H2/t18-/m1/s1. The van der Waals surface area contributed by atoms with Crippen LogP contribution in [0.25, 0.3) is 0 Å². The van der Waals surface area contributed by atoms with Gasteiger partial charge in [-0.1, -0.05) is 12.1 Å². The Labute approximate surface area is 144 Å². The highest BCUT2D eigenvalue weighted by Crippen LogP contribution is 2.16. The monoisotopic (exact) mass is 328 g/mol. The summed E-state index contributed by atoms with van der Waals surface area (Å²) in [7, 11) is 0. The zero-order valence-corrected chi connectivity index (χ0v) is 14.3. The van der Waals surface area contributed by atoms with Gasteiger partial charge in [0.2, 0.25) is 0 Å². The van der Waals surface area contributed by atoms with Crippen LogP contribution in [0.4, 0.5) is 0 Å². The van der Waals surface area contributed by atoms with E-state index in [1.807, 2.05) is 12.5 Å². The van der Waals surface area contributed by atoms with Crippen molar-refractivity contribution in [3.05, 3.63) is 48.5 Å². The fourth-order valence-electron chi connectivity index (χ4n) is 3.15. The van der Waals surface area contributed by atoms with Crippen molar-refractivity contribution in [1.82, 2.24) is 14.5 Å². The summed E-state index contributed by atoms with van der Waals surface area (Å²) in [5, 5.41) is 0. The van der Waals surface area contributed by atoms with Crippen LogP contribution in [0.5, 0.6) is 5.75 Å². The second-order valence-electron chi connectivity index (χ2n) is 6.61. The molecule has 1 aromatic carbocycles. The van der Waals surface area contributed by atoms with Gasteiger partial charge in [-0.25, -0.2) is 4.98 Å². The fourth-order valence-corrected chi connectivity index (χ4v) is 3.15. The lowest BCUT2D eigenvalue weighted by atomic mass is 10.1. The topological polar surface area (TPSA) is 56.3 Å². The predicted octanol–water partition coefficient (Wildman–Crippen LogP) is 2.67. The summed E-state index contributed by atoms with van der Waals surface area (Å²) in [5.41, 5.74) is 7.39. The summed E-state index contributed by atoms with van der Waals surface area (Å²) >= 11 is 0. The van der Waals surface area contributed by atoms with E-state index in [9.17, 15) is 0 Å². The summed E-state index contributed by atoms with van der Waals surface area (Å²) < 4.78 is 7.89. The maximum Gasteiger partial charge on any atom is 0.119 e. The van der Waals surface area contributed by atoms with E-state index in [1.54, 1.807) is 6.20 Å². The van der Waals surface area contributed by atoms with E-state index in [0.29, 0.717) is 6.04 Å². The normalized spacial score (nSPS) is 19.1. The second-order valence-corrected chi connectivity index (χ2v) is 6.61. The van der Waals surface area contributed by atoms with Crippen molar-refractivity contribution in [2.75, 3.05) is 19.7 Å². The van der Waals surface area contributed by atoms with Crippen LogP contribution in [0.2, 0.25) is 0 Å². The molecule has 24 heavy (non-hydrogen) atoms. The van der Waals surface area contributed by atoms with Crippen molar-refractivity contribution in [3.8, 4) is 5.75 Å². The fraction of sp³-hybridized carbons (Fsp3) is 0.526. The minimum Gasteiger partial charge on any atom is -0.494 e. The molecule has 1 aliphatic rings. The highest BCUT2D eigenvalue weighted by atomic mass is 16.5. The van der Waals surface area contributed by atoms with Crippen LogP contribution >= 0.6 is 0 Å². The van der Waals surface area contributed by atoms with E-state index in [-0.39, 0.29) is 0 Å². The first-order valence-corrected chi connectivity index (χ1v) is 8.95. The van der Waals surface area contributed by atoms with Crippen molar-refractivity contribution >= 4 is 0 Å². The number of aromatic nitrogens is 2. The van der Waals surface area contributed by atoms with Crippen LogP contribution in [0.1, 0.15) is 31.2 Å². The number of rotatable bonds is 7. The van der Waals surface area contributed by atoms with E-state index in [0.717, 1.165) is 57.8 Å². The SMILES string of the molecule is N[C@@H]1CCCN(Cc2ccc(OCCCn3ccnc3)cc2)CC1. The first kappa shape index (κ1) is 17.0. The van der Waals surface area contributed by atoms with Gasteiger partial charge < -0.3 is 15.0 Å². The molecule has 0 amide bonds. The molecule has 1 aliphatic heterocycles. The summed E-state index contributed by atoms with van der Waals surface area (Å²) in [4.78, 5) is 6.55. The van der Waals surface area contributed by atoms with Gasteiger partial charge in [0.25, 0.3) is 0 Å².